The zero-order valence-corrected chi connectivity index (χ0v) is 10.0. The Hall–Kier alpha value is -1.59. The highest BCUT2D eigenvalue weighted by molar-refractivity contribution is 5.71. The van der Waals surface area contributed by atoms with Crippen molar-refractivity contribution in [3.63, 3.8) is 0 Å². The predicted molar refractivity (Wildman–Crippen MR) is 63.4 cm³/mol. The second-order valence-corrected chi connectivity index (χ2v) is 4.50. The number of carboxylic acid groups (broad SMARTS) is 1. The fourth-order valence-electron chi connectivity index (χ4n) is 2.50. The van der Waals surface area contributed by atoms with Gasteiger partial charge in [-0.2, -0.15) is 0 Å². The number of fused-ring (bicyclic) bond motifs is 1. The van der Waals surface area contributed by atoms with Crippen LogP contribution in [0.4, 0.5) is 0 Å². The van der Waals surface area contributed by atoms with Gasteiger partial charge >= 0.3 is 5.97 Å². The van der Waals surface area contributed by atoms with Crippen molar-refractivity contribution in [2.45, 2.75) is 12.5 Å². The van der Waals surface area contributed by atoms with Crippen LogP contribution >= 0.6 is 0 Å². The number of hydrogen-bond acceptors (Lipinski definition) is 4. The van der Waals surface area contributed by atoms with Gasteiger partial charge in [0.15, 0.2) is 0 Å². The number of carbonyl (C=O) groups is 1. The van der Waals surface area contributed by atoms with E-state index in [0.717, 1.165) is 5.56 Å². The summed E-state index contributed by atoms with van der Waals surface area (Å²) in [7, 11) is 1.53. The van der Waals surface area contributed by atoms with Gasteiger partial charge in [0.05, 0.1) is 19.1 Å². The van der Waals surface area contributed by atoms with Gasteiger partial charge in [0.1, 0.15) is 5.75 Å². The smallest absolute Gasteiger partial charge is 0.307 e. The van der Waals surface area contributed by atoms with Gasteiger partial charge in [0.25, 0.3) is 0 Å². The molecule has 2 rings (SSSR count). The van der Waals surface area contributed by atoms with Crippen LogP contribution in [-0.2, 0) is 11.2 Å². The topological polar surface area (TPSA) is 87.0 Å². The molecule has 1 aromatic rings. The number of benzene rings is 1. The van der Waals surface area contributed by atoms with Gasteiger partial charge in [-0.15, -0.1) is 0 Å². The average molecular weight is 252 g/mol. The van der Waals surface area contributed by atoms with Gasteiger partial charge in [0, 0.05) is 12.5 Å². The van der Waals surface area contributed by atoms with E-state index < -0.39 is 23.9 Å². The third-order valence-electron chi connectivity index (χ3n) is 3.56. The van der Waals surface area contributed by atoms with Crippen LogP contribution in [0.2, 0.25) is 0 Å². The second kappa shape index (κ2) is 4.96. The monoisotopic (exact) mass is 252 g/mol. The maximum Gasteiger partial charge on any atom is 0.307 e. The first kappa shape index (κ1) is 12.9. The molecular formula is C13H16O5. The third kappa shape index (κ3) is 2.07. The molecular weight excluding hydrogens is 236 g/mol. The zero-order valence-electron chi connectivity index (χ0n) is 10.0. The number of aliphatic hydroxyl groups excluding tert-OH is 2. The Morgan fingerprint density at radius 1 is 1.50 bits per heavy atom. The van der Waals surface area contributed by atoms with Crippen LogP contribution < -0.4 is 4.74 Å². The van der Waals surface area contributed by atoms with Gasteiger partial charge in [-0.05, 0) is 29.7 Å². The molecule has 18 heavy (non-hydrogen) atoms. The summed E-state index contributed by atoms with van der Waals surface area (Å²) in [5.41, 5.74) is 1.44. The van der Waals surface area contributed by atoms with E-state index in [4.69, 9.17) is 9.84 Å². The number of carboxylic acids is 1. The number of aliphatic carboxylic acids is 1. The second-order valence-electron chi connectivity index (χ2n) is 4.50. The average Bonchev–Trinajstić information content (AvgIpc) is 2.38. The van der Waals surface area contributed by atoms with E-state index in [9.17, 15) is 15.0 Å². The largest absolute Gasteiger partial charge is 0.497 e. The minimum atomic E-state index is -0.991. The summed E-state index contributed by atoms with van der Waals surface area (Å²) >= 11 is 0. The van der Waals surface area contributed by atoms with Gasteiger partial charge < -0.3 is 20.1 Å². The first-order valence-electron chi connectivity index (χ1n) is 5.77. The molecule has 0 radical (unpaired) electrons. The van der Waals surface area contributed by atoms with Crippen LogP contribution in [0.25, 0.3) is 0 Å². The van der Waals surface area contributed by atoms with E-state index in [2.05, 4.69) is 0 Å². The highest BCUT2D eigenvalue weighted by atomic mass is 16.5. The summed E-state index contributed by atoms with van der Waals surface area (Å²) in [6.45, 7) is -0.352. The lowest BCUT2D eigenvalue weighted by atomic mass is 9.74. The van der Waals surface area contributed by atoms with Gasteiger partial charge in [-0.1, -0.05) is 6.07 Å². The molecule has 5 heteroatoms. The van der Waals surface area contributed by atoms with Crippen molar-refractivity contribution in [1.29, 1.82) is 0 Å². The number of ether oxygens (including phenoxy) is 1. The fourth-order valence-corrected chi connectivity index (χ4v) is 2.50. The molecule has 1 aromatic carbocycles. The lowest BCUT2D eigenvalue weighted by Crippen LogP contribution is -2.36. The zero-order chi connectivity index (χ0) is 13.3. The third-order valence-corrected chi connectivity index (χ3v) is 3.56. The summed E-state index contributed by atoms with van der Waals surface area (Å²) in [5.74, 6) is -1.82. The van der Waals surface area contributed by atoms with Crippen LogP contribution in [0.3, 0.4) is 0 Å². The normalized spacial score (nSPS) is 26.5. The fraction of sp³-hybridized carbons (Fsp3) is 0.462. The van der Waals surface area contributed by atoms with Gasteiger partial charge in [0.2, 0.25) is 0 Å². The number of hydrogen-bond donors (Lipinski definition) is 3. The highest BCUT2D eigenvalue weighted by Crippen LogP contribution is 2.39. The van der Waals surface area contributed by atoms with E-state index >= 15 is 0 Å². The Kier molecular flexibility index (Phi) is 3.54. The number of aliphatic hydroxyl groups is 2. The van der Waals surface area contributed by atoms with E-state index in [1.165, 1.54) is 7.11 Å². The molecule has 0 aliphatic heterocycles. The van der Waals surface area contributed by atoms with Crippen molar-refractivity contribution in [3.8, 4) is 5.75 Å². The molecule has 3 N–H and O–H groups in total. The van der Waals surface area contributed by atoms with Crippen molar-refractivity contribution in [2.75, 3.05) is 13.7 Å². The minimum absolute atomic E-state index is 0.316. The summed E-state index contributed by atoms with van der Waals surface area (Å²) in [5, 5.41) is 28.6. The van der Waals surface area contributed by atoms with Crippen LogP contribution in [0.5, 0.6) is 5.75 Å². The first-order valence-corrected chi connectivity index (χ1v) is 5.77. The van der Waals surface area contributed by atoms with Crippen LogP contribution in [0, 0.1) is 11.8 Å². The molecule has 0 spiro atoms. The molecule has 0 saturated heterocycles. The highest BCUT2D eigenvalue weighted by Gasteiger charge is 2.39. The van der Waals surface area contributed by atoms with Gasteiger partial charge in [-0.25, -0.2) is 0 Å². The molecule has 98 valence electrons. The minimum Gasteiger partial charge on any atom is -0.497 e. The van der Waals surface area contributed by atoms with Crippen molar-refractivity contribution in [1.82, 2.24) is 0 Å². The van der Waals surface area contributed by atoms with Crippen LogP contribution in [0.1, 0.15) is 17.2 Å². The molecule has 0 bridgehead atoms. The molecule has 0 aromatic heterocycles. The van der Waals surface area contributed by atoms with Crippen molar-refractivity contribution < 1.29 is 24.9 Å². The van der Waals surface area contributed by atoms with E-state index in [1.54, 1.807) is 18.2 Å². The molecule has 0 fully saturated rings. The van der Waals surface area contributed by atoms with Crippen molar-refractivity contribution in [2.24, 2.45) is 11.8 Å². The molecule has 0 saturated carbocycles. The number of methoxy groups -OCH3 is 1. The lowest BCUT2D eigenvalue weighted by Gasteiger charge is -2.33. The Labute approximate surface area is 105 Å². The number of rotatable bonds is 3. The molecule has 3 atom stereocenters. The molecule has 1 aliphatic carbocycles. The molecule has 0 unspecified atom stereocenters. The van der Waals surface area contributed by atoms with E-state index in [-0.39, 0.29) is 6.61 Å². The summed E-state index contributed by atoms with van der Waals surface area (Å²) in [6, 6.07) is 5.20. The van der Waals surface area contributed by atoms with Crippen molar-refractivity contribution >= 4 is 5.97 Å². The van der Waals surface area contributed by atoms with Crippen LogP contribution in [-0.4, -0.2) is 35.0 Å². The van der Waals surface area contributed by atoms with Crippen LogP contribution in [0.15, 0.2) is 18.2 Å². The SMILES string of the molecule is COc1ccc2c(c1)[C@@H](O)[C@H](CO)[C@H](C(=O)O)C2. The molecule has 0 amide bonds. The lowest BCUT2D eigenvalue weighted by molar-refractivity contribution is -0.147. The maximum atomic E-state index is 11.2. The Bertz CT molecular complexity index is 457. The Morgan fingerprint density at radius 3 is 2.78 bits per heavy atom. The Balaban J connectivity index is 2.42. The molecule has 5 nitrogen and oxygen atoms in total. The van der Waals surface area contributed by atoms with Gasteiger partial charge in [-0.3, -0.25) is 4.79 Å². The maximum absolute atomic E-state index is 11.2. The Morgan fingerprint density at radius 2 is 2.22 bits per heavy atom. The quantitative estimate of drug-likeness (QED) is 0.733. The molecule has 0 heterocycles. The first-order chi connectivity index (χ1) is 8.58. The standard InChI is InChI=1S/C13H16O5/c1-18-8-3-2-7-4-10(13(16)17)11(6-14)12(15)9(7)5-8/h2-3,5,10-12,14-15H,4,6H2,1H3,(H,16,17)/t10-,11-,12-/m1/s1. The molecule has 1 aliphatic rings. The van der Waals surface area contributed by atoms with E-state index in [0.29, 0.717) is 17.7 Å². The summed E-state index contributed by atoms with van der Waals surface area (Å²) < 4.78 is 5.08. The van der Waals surface area contributed by atoms with Crippen molar-refractivity contribution in [3.05, 3.63) is 29.3 Å². The summed E-state index contributed by atoms with van der Waals surface area (Å²) in [6.07, 6.45) is -0.660. The predicted octanol–water partition coefficient (Wildman–Crippen LogP) is 0.594. The summed E-state index contributed by atoms with van der Waals surface area (Å²) in [4.78, 5) is 11.2. The van der Waals surface area contributed by atoms with E-state index in [1.807, 2.05) is 0 Å².